The van der Waals surface area contributed by atoms with Gasteiger partial charge in [-0.25, -0.2) is 5.01 Å². The molecule has 0 aromatic heterocycles. The van der Waals surface area contributed by atoms with Gasteiger partial charge >= 0.3 is 0 Å². The van der Waals surface area contributed by atoms with Crippen LogP contribution in [0.15, 0.2) is 12.1 Å². The fourth-order valence-corrected chi connectivity index (χ4v) is 2.59. The number of methoxy groups -OCH3 is 1. The number of hydrogen-bond acceptors (Lipinski definition) is 3. The summed E-state index contributed by atoms with van der Waals surface area (Å²) in [7, 11) is 5.34. The summed E-state index contributed by atoms with van der Waals surface area (Å²) in [5.74, 6) is 0.968. The van der Waals surface area contributed by atoms with E-state index in [9.17, 15) is 4.79 Å². The summed E-state index contributed by atoms with van der Waals surface area (Å²) in [6, 6.07) is 3.99. The Kier molecular flexibility index (Phi) is 3.54. The Bertz CT molecular complexity index is 505. The van der Waals surface area contributed by atoms with E-state index in [0.29, 0.717) is 0 Å². The first-order valence-corrected chi connectivity index (χ1v) is 6.55. The number of ether oxygens (including phenoxy) is 1. The number of hydrogen-bond donors (Lipinski definition) is 1. The number of benzene rings is 1. The van der Waals surface area contributed by atoms with Gasteiger partial charge in [0.05, 0.1) is 12.5 Å². The highest BCUT2D eigenvalue weighted by Crippen LogP contribution is 2.50. The molecule has 0 radical (unpaired) electrons. The molecular formula is C15H22N2O2. The second kappa shape index (κ2) is 4.85. The first-order chi connectivity index (χ1) is 8.92. The Morgan fingerprint density at radius 3 is 2.37 bits per heavy atom. The lowest BCUT2D eigenvalue weighted by Gasteiger charge is -2.22. The van der Waals surface area contributed by atoms with E-state index >= 15 is 0 Å². The largest absolute Gasteiger partial charge is 0.496 e. The third-order valence-corrected chi connectivity index (χ3v) is 3.98. The molecule has 104 valence electrons. The lowest BCUT2D eigenvalue weighted by atomic mass is 9.88. The van der Waals surface area contributed by atoms with E-state index in [1.807, 2.05) is 33.2 Å². The van der Waals surface area contributed by atoms with Crippen LogP contribution in [0, 0.1) is 13.8 Å². The van der Waals surface area contributed by atoms with E-state index in [1.165, 1.54) is 0 Å². The summed E-state index contributed by atoms with van der Waals surface area (Å²) >= 11 is 0. The highest BCUT2D eigenvalue weighted by molar-refractivity contribution is 5.91. The molecule has 1 aromatic rings. The van der Waals surface area contributed by atoms with Gasteiger partial charge < -0.3 is 4.74 Å². The SMILES string of the molecule is COc1ccc(C2(C(=O)NN(C)C)CC2)c(C)c1C. The predicted molar refractivity (Wildman–Crippen MR) is 75.2 cm³/mol. The summed E-state index contributed by atoms with van der Waals surface area (Å²) in [6.45, 7) is 4.10. The average molecular weight is 262 g/mol. The average Bonchev–Trinajstić information content (AvgIpc) is 3.13. The Hall–Kier alpha value is -1.55. The van der Waals surface area contributed by atoms with Crippen molar-refractivity contribution in [3.8, 4) is 5.75 Å². The molecule has 1 amide bonds. The number of hydrazine groups is 1. The third kappa shape index (κ3) is 2.32. The van der Waals surface area contributed by atoms with E-state index in [0.717, 1.165) is 35.3 Å². The number of nitrogens with one attached hydrogen (secondary N) is 1. The Balaban J connectivity index is 2.37. The molecule has 1 aliphatic carbocycles. The minimum atomic E-state index is -0.342. The minimum Gasteiger partial charge on any atom is -0.496 e. The van der Waals surface area contributed by atoms with Crippen LogP contribution in [0.25, 0.3) is 0 Å². The maximum Gasteiger partial charge on any atom is 0.244 e. The quantitative estimate of drug-likeness (QED) is 0.843. The molecule has 1 aliphatic rings. The zero-order valence-corrected chi connectivity index (χ0v) is 12.3. The Morgan fingerprint density at radius 1 is 1.26 bits per heavy atom. The highest BCUT2D eigenvalue weighted by Gasteiger charge is 2.52. The molecule has 0 aliphatic heterocycles. The zero-order valence-electron chi connectivity index (χ0n) is 12.3. The number of amides is 1. The third-order valence-electron chi connectivity index (χ3n) is 3.98. The lowest BCUT2D eigenvalue weighted by Crippen LogP contribution is -2.43. The second-order valence-electron chi connectivity index (χ2n) is 5.48. The predicted octanol–water partition coefficient (Wildman–Crippen LogP) is 1.94. The van der Waals surface area contributed by atoms with Crippen LogP contribution < -0.4 is 10.2 Å². The van der Waals surface area contributed by atoms with Crippen LogP contribution in [0.2, 0.25) is 0 Å². The lowest BCUT2D eigenvalue weighted by molar-refractivity contribution is -0.127. The fourth-order valence-electron chi connectivity index (χ4n) is 2.59. The van der Waals surface area contributed by atoms with E-state index in [2.05, 4.69) is 12.3 Å². The molecule has 2 rings (SSSR count). The van der Waals surface area contributed by atoms with Crippen LogP contribution in [-0.2, 0) is 10.2 Å². The zero-order chi connectivity index (χ0) is 14.2. The molecule has 4 heteroatoms. The Morgan fingerprint density at radius 2 is 1.89 bits per heavy atom. The van der Waals surface area contributed by atoms with Gasteiger partial charge in [-0.05, 0) is 49.4 Å². The maximum atomic E-state index is 12.4. The maximum absolute atomic E-state index is 12.4. The molecule has 1 aromatic carbocycles. The van der Waals surface area contributed by atoms with Crippen molar-refractivity contribution in [1.82, 2.24) is 10.4 Å². The van der Waals surface area contributed by atoms with Crippen molar-refractivity contribution in [2.45, 2.75) is 32.1 Å². The van der Waals surface area contributed by atoms with E-state index < -0.39 is 0 Å². The smallest absolute Gasteiger partial charge is 0.244 e. The molecule has 1 N–H and O–H groups in total. The van der Waals surface area contributed by atoms with Gasteiger partial charge in [0.2, 0.25) is 5.91 Å². The van der Waals surface area contributed by atoms with Gasteiger partial charge in [0.15, 0.2) is 0 Å². The van der Waals surface area contributed by atoms with Crippen molar-refractivity contribution >= 4 is 5.91 Å². The van der Waals surface area contributed by atoms with Crippen LogP contribution in [0.1, 0.15) is 29.5 Å². The van der Waals surface area contributed by atoms with Crippen molar-refractivity contribution < 1.29 is 9.53 Å². The topological polar surface area (TPSA) is 41.6 Å². The van der Waals surface area contributed by atoms with Crippen molar-refractivity contribution in [3.05, 3.63) is 28.8 Å². The van der Waals surface area contributed by atoms with Crippen LogP contribution >= 0.6 is 0 Å². The molecule has 0 bridgehead atoms. The highest BCUT2D eigenvalue weighted by atomic mass is 16.5. The van der Waals surface area contributed by atoms with Gasteiger partial charge in [0, 0.05) is 14.1 Å². The first kappa shape index (κ1) is 13.9. The van der Waals surface area contributed by atoms with Crippen LogP contribution in [-0.4, -0.2) is 32.1 Å². The summed E-state index contributed by atoms with van der Waals surface area (Å²) in [6.07, 6.45) is 1.83. The number of carbonyl (C=O) groups excluding carboxylic acids is 1. The normalized spacial score (nSPS) is 16.3. The number of carbonyl (C=O) groups is 1. The summed E-state index contributed by atoms with van der Waals surface area (Å²) in [4.78, 5) is 12.4. The molecule has 1 saturated carbocycles. The number of rotatable bonds is 4. The van der Waals surface area contributed by atoms with Gasteiger partial charge in [-0.15, -0.1) is 0 Å². The van der Waals surface area contributed by atoms with Crippen LogP contribution in [0.4, 0.5) is 0 Å². The van der Waals surface area contributed by atoms with Gasteiger partial charge in [-0.1, -0.05) is 6.07 Å². The van der Waals surface area contributed by atoms with Crippen LogP contribution in [0.3, 0.4) is 0 Å². The summed E-state index contributed by atoms with van der Waals surface area (Å²) in [5, 5.41) is 1.70. The Labute approximate surface area is 114 Å². The minimum absolute atomic E-state index is 0.0881. The van der Waals surface area contributed by atoms with Gasteiger partial charge in [-0.3, -0.25) is 10.2 Å². The van der Waals surface area contributed by atoms with Crippen molar-refractivity contribution in [2.75, 3.05) is 21.2 Å². The summed E-state index contributed by atoms with van der Waals surface area (Å²) in [5.41, 5.74) is 5.94. The molecule has 4 nitrogen and oxygen atoms in total. The van der Waals surface area contributed by atoms with E-state index in [4.69, 9.17) is 4.74 Å². The van der Waals surface area contributed by atoms with Crippen LogP contribution in [0.5, 0.6) is 5.75 Å². The standard InChI is InChI=1S/C15H22N2O2/c1-10-11(2)13(19-5)7-6-12(10)15(8-9-15)14(18)16-17(3)4/h6-7H,8-9H2,1-5H3,(H,16,18). The summed E-state index contributed by atoms with van der Waals surface area (Å²) < 4.78 is 5.33. The monoisotopic (exact) mass is 262 g/mol. The molecular weight excluding hydrogens is 240 g/mol. The van der Waals surface area contributed by atoms with E-state index in [1.54, 1.807) is 12.1 Å². The van der Waals surface area contributed by atoms with Gasteiger partial charge in [0.1, 0.15) is 5.75 Å². The molecule has 1 fully saturated rings. The molecule has 0 spiro atoms. The first-order valence-electron chi connectivity index (χ1n) is 6.55. The molecule has 0 atom stereocenters. The van der Waals surface area contributed by atoms with Crippen molar-refractivity contribution in [1.29, 1.82) is 0 Å². The van der Waals surface area contributed by atoms with E-state index in [-0.39, 0.29) is 11.3 Å². The number of nitrogens with zero attached hydrogens (tertiary/aromatic N) is 1. The van der Waals surface area contributed by atoms with Gasteiger partial charge in [0.25, 0.3) is 0 Å². The van der Waals surface area contributed by atoms with Gasteiger partial charge in [-0.2, -0.15) is 0 Å². The van der Waals surface area contributed by atoms with Crippen molar-refractivity contribution in [2.24, 2.45) is 0 Å². The fraction of sp³-hybridized carbons (Fsp3) is 0.533. The second-order valence-corrected chi connectivity index (χ2v) is 5.48. The molecule has 19 heavy (non-hydrogen) atoms. The molecule has 0 heterocycles. The van der Waals surface area contributed by atoms with Crippen molar-refractivity contribution in [3.63, 3.8) is 0 Å². The molecule has 0 unspecified atom stereocenters. The molecule has 0 saturated heterocycles.